The van der Waals surface area contributed by atoms with E-state index in [-0.39, 0.29) is 5.91 Å². The molecule has 2 N–H and O–H groups in total. The van der Waals surface area contributed by atoms with Crippen LogP contribution in [0.4, 0.5) is 0 Å². The van der Waals surface area contributed by atoms with E-state index in [2.05, 4.69) is 35.8 Å². The smallest absolute Gasteiger partial charge is 0.220 e. The molecule has 0 spiro atoms. The van der Waals surface area contributed by atoms with Crippen molar-refractivity contribution in [3.63, 3.8) is 0 Å². The third-order valence-corrected chi connectivity index (χ3v) is 5.13. The average molecular weight is 340 g/mol. The predicted octanol–water partition coefficient (Wildman–Crippen LogP) is 3.36. The van der Waals surface area contributed by atoms with Gasteiger partial charge in [0, 0.05) is 11.8 Å². The highest BCUT2D eigenvalue weighted by atomic mass is 16.5. The number of rotatable bonds is 7. The molecular formula is C21H28N2O2. The summed E-state index contributed by atoms with van der Waals surface area (Å²) in [4.78, 5) is 12.1. The number of benzene rings is 2. The molecule has 2 aromatic carbocycles. The molecule has 1 saturated heterocycles. The molecule has 0 aliphatic carbocycles. The van der Waals surface area contributed by atoms with E-state index < -0.39 is 0 Å². The predicted molar refractivity (Wildman–Crippen MR) is 102 cm³/mol. The number of hydrogen-bond acceptors (Lipinski definition) is 3. The van der Waals surface area contributed by atoms with E-state index in [0.29, 0.717) is 31.4 Å². The van der Waals surface area contributed by atoms with Crippen molar-refractivity contribution in [2.75, 3.05) is 26.2 Å². The van der Waals surface area contributed by atoms with Crippen molar-refractivity contribution >= 4 is 16.7 Å². The van der Waals surface area contributed by atoms with Gasteiger partial charge in [-0.2, -0.15) is 0 Å². The summed E-state index contributed by atoms with van der Waals surface area (Å²) >= 11 is 0. The van der Waals surface area contributed by atoms with Gasteiger partial charge in [0.2, 0.25) is 5.91 Å². The van der Waals surface area contributed by atoms with Crippen molar-refractivity contribution in [2.45, 2.75) is 26.2 Å². The maximum absolute atomic E-state index is 12.1. The number of carbonyl (C=O) groups excluding carboxylic acids is 1. The van der Waals surface area contributed by atoms with E-state index in [4.69, 9.17) is 4.74 Å². The average Bonchev–Trinajstić information content (AvgIpc) is 2.66. The van der Waals surface area contributed by atoms with Crippen LogP contribution < -0.4 is 15.4 Å². The maximum Gasteiger partial charge on any atom is 0.220 e. The lowest BCUT2D eigenvalue weighted by atomic mass is 9.84. The van der Waals surface area contributed by atoms with E-state index in [1.54, 1.807) is 0 Å². The van der Waals surface area contributed by atoms with Gasteiger partial charge in [0.1, 0.15) is 12.4 Å². The lowest BCUT2D eigenvalue weighted by Gasteiger charge is -2.27. The summed E-state index contributed by atoms with van der Waals surface area (Å²) in [5, 5.41) is 8.64. The normalized spacial score (nSPS) is 16.5. The molecule has 1 unspecified atom stereocenters. The fourth-order valence-corrected chi connectivity index (χ4v) is 3.62. The Morgan fingerprint density at radius 3 is 2.80 bits per heavy atom. The summed E-state index contributed by atoms with van der Waals surface area (Å²) in [6.45, 7) is 5.38. The molecule has 0 radical (unpaired) electrons. The van der Waals surface area contributed by atoms with Gasteiger partial charge in [-0.15, -0.1) is 0 Å². The highest BCUT2D eigenvalue weighted by Gasteiger charge is 2.21. The number of fused-ring (bicyclic) bond motifs is 1. The van der Waals surface area contributed by atoms with Crippen LogP contribution in [0.25, 0.3) is 10.8 Å². The second-order valence-electron chi connectivity index (χ2n) is 6.94. The monoisotopic (exact) mass is 340 g/mol. The van der Waals surface area contributed by atoms with Crippen LogP contribution in [0.2, 0.25) is 0 Å². The van der Waals surface area contributed by atoms with E-state index in [0.717, 1.165) is 24.2 Å². The second kappa shape index (κ2) is 8.86. The summed E-state index contributed by atoms with van der Waals surface area (Å²) in [5.74, 6) is 2.11. The first-order valence-electron chi connectivity index (χ1n) is 9.32. The van der Waals surface area contributed by atoms with Crippen LogP contribution in [0, 0.1) is 11.8 Å². The Kier molecular flexibility index (Phi) is 6.29. The number of piperidine rings is 1. The zero-order chi connectivity index (χ0) is 17.5. The van der Waals surface area contributed by atoms with Gasteiger partial charge in [0.15, 0.2) is 0 Å². The Hall–Kier alpha value is -2.07. The SMILES string of the molecule is CC(CC(=O)NCCOc1cccc2ccccc12)C1CCNCC1. The van der Waals surface area contributed by atoms with E-state index >= 15 is 0 Å². The second-order valence-corrected chi connectivity index (χ2v) is 6.94. The van der Waals surface area contributed by atoms with Gasteiger partial charge >= 0.3 is 0 Å². The molecule has 1 amide bonds. The molecule has 134 valence electrons. The number of carbonyl (C=O) groups is 1. The fraction of sp³-hybridized carbons (Fsp3) is 0.476. The minimum Gasteiger partial charge on any atom is -0.491 e. The van der Waals surface area contributed by atoms with Gasteiger partial charge in [-0.1, -0.05) is 43.3 Å². The highest BCUT2D eigenvalue weighted by molar-refractivity contribution is 5.88. The van der Waals surface area contributed by atoms with Crippen LogP contribution in [0.1, 0.15) is 26.2 Å². The maximum atomic E-state index is 12.1. The molecule has 1 fully saturated rings. The molecule has 4 heteroatoms. The van der Waals surface area contributed by atoms with Crippen molar-refractivity contribution < 1.29 is 9.53 Å². The van der Waals surface area contributed by atoms with Crippen LogP contribution in [0.5, 0.6) is 5.75 Å². The first kappa shape index (κ1) is 17.7. The quantitative estimate of drug-likeness (QED) is 0.760. The lowest BCUT2D eigenvalue weighted by molar-refractivity contribution is -0.122. The fourth-order valence-electron chi connectivity index (χ4n) is 3.62. The Labute approximate surface area is 149 Å². The Bertz CT molecular complexity index is 690. The molecule has 1 aliphatic rings. The van der Waals surface area contributed by atoms with Gasteiger partial charge in [-0.25, -0.2) is 0 Å². The van der Waals surface area contributed by atoms with E-state index in [1.165, 1.54) is 18.2 Å². The zero-order valence-corrected chi connectivity index (χ0v) is 15.0. The molecule has 0 saturated carbocycles. The van der Waals surface area contributed by atoms with Crippen LogP contribution in [0.3, 0.4) is 0 Å². The van der Waals surface area contributed by atoms with Crippen molar-refractivity contribution in [3.8, 4) is 5.75 Å². The summed E-state index contributed by atoms with van der Waals surface area (Å²) < 4.78 is 5.87. The largest absolute Gasteiger partial charge is 0.491 e. The van der Waals surface area contributed by atoms with Crippen molar-refractivity contribution in [1.29, 1.82) is 0 Å². The minimum atomic E-state index is 0.132. The third-order valence-electron chi connectivity index (χ3n) is 5.13. The third kappa shape index (κ3) is 4.95. The highest BCUT2D eigenvalue weighted by Crippen LogP contribution is 2.25. The van der Waals surface area contributed by atoms with Gasteiger partial charge < -0.3 is 15.4 Å². The molecule has 0 aromatic heterocycles. The number of ether oxygens (including phenoxy) is 1. The molecule has 1 heterocycles. The zero-order valence-electron chi connectivity index (χ0n) is 15.0. The first-order chi connectivity index (χ1) is 12.2. The van der Waals surface area contributed by atoms with Gasteiger partial charge in [0.25, 0.3) is 0 Å². The Morgan fingerprint density at radius 2 is 1.96 bits per heavy atom. The van der Waals surface area contributed by atoms with Crippen LogP contribution in [-0.4, -0.2) is 32.1 Å². The van der Waals surface area contributed by atoms with Crippen LogP contribution in [0.15, 0.2) is 42.5 Å². The van der Waals surface area contributed by atoms with E-state index in [1.807, 2.05) is 24.3 Å². The van der Waals surface area contributed by atoms with Gasteiger partial charge in [-0.05, 0) is 49.2 Å². The minimum absolute atomic E-state index is 0.132. The molecular weight excluding hydrogens is 312 g/mol. The van der Waals surface area contributed by atoms with Crippen molar-refractivity contribution in [3.05, 3.63) is 42.5 Å². The molecule has 1 atom stereocenters. The first-order valence-corrected chi connectivity index (χ1v) is 9.32. The number of hydrogen-bond donors (Lipinski definition) is 2. The van der Waals surface area contributed by atoms with Crippen molar-refractivity contribution in [1.82, 2.24) is 10.6 Å². The molecule has 25 heavy (non-hydrogen) atoms. The van der Waals surface area contributed by atoms with Crippen LogP contribution >= 0.6 is 0 Å². The number of nitrogens with one attached hydrogen (secondary N) is 2. The standard InChI is InChI=1S/C21H28N2O2/c1-16(17-9-11-22-12-10-17)15-21(24)23-13-14-25-20-8-4-6-18-5-2-3-7-19(18)20/h2-8,16-17,22H,9-15H2,1H3,(H,23,24). The van der Waals surface area contributed by atoms with Gasteiger partial charge in [0.05, 0.1) is 6.54 Å². The van der Waals surface area contributed by atoms with E-state index in [9.17, 15) is 4.79 Å². The Morgan fingerprint density at radius 1 is 1.20 bits per heavy atom. The van der Waals surface area contributed by atoms with Gasteiger partial charge in [-0.3, -0.25) is 4.79 Å². The number of amides is 1. The topological polar surface area (TPSA) is 50.4 Å². The summed E-state index contributed by atoms with van der Waals surface area (Å²) in [6.07, 6.45) is 2.97. The van der Waals surface area contributed by atoms with Crippen LogP contribution in [-0.2, 0) is 4.79 Å². The molecule has 1 aliphatic heterocycles. The molecule has 2 aromatic rings. The van der Waals surface area contributed by atoms with Crippen molar-refractivity contribution in [2.24, 2.45) is 11.8 Å². The Balaban J connectivity index is 1.41. The molecule has 0 bridgehead atoms. The molecule has 4 nitrogen and oxygen atoms in total. The summed E-state index contributed by atoms with van der Waals surface area (Å²) in [5.41, 5.74) is 0. The molecule has 3 rings (SSSR count). The summed E-state index contributed by atoms with van der Waals surface area (Å²) in [6, 6.07) is 14.2. The summed E-state index contributed by atoms with van der Waals surface area (Å²) in [7, 11) is 0. The lowest BCUT2D eigenvalue weighted by Crippen LogP contribution is -2.34.